The van der Waals surface area contributed by atoms with Crippen molar-refractivity contribution in [2.24, 2.45) is 11.8 Å². The van der Waals surface area contributed by atoms with Crippen molar-refractivity contribution in [1.29, 1.82) is 0 Å². The van der Waals surface area contributed by atoms with E-state index in [0.29, 0.717) is 6.04 Å². The molecule has 0 aromatic rings. The fraction of sp³-hybridized carbons (Fsp3) is 1.00. The molecule has 0 saturated carbocycles. The third-order valence-corrected chi connectivity index (χ3v) is 2.73. The first kappa shape index (κ1) is 13.0. The van der Waals surface area contributed by atoms with Gasteiger partial charge in [-0.3, -0.25) is 0 Å². The maximum Gasteiger partial charge on any atom is 0.00355 e. The summed E-state index contributed by atoms with van der Waals surface area (Å²) in [4.78, 5) is 2.43. The molecule has 0 rings (SSSR count). The van der Waals surface area contributed by atoms with E-state index < -0.39 is 0 Å². The third-order valence-electron chi connectivity index (χ3n) is 2.73. The summed E-state index contributed by atoms with van der Waals surface area (Å²) < 4.78 is 0. The molecule has 1 nitrogen and oxygen atoms in total. The Bertz CT molecular complexity index is 118. The van der Waals surface area contributed by atoms with Crippen molar-refractivity contribution in [2.75, 3.05) is 13.6 Å². The number of nitrogens with zero attached hydrogens (tertiary/aromatic N) is 1. The lowest BCUT2D eigenvalue weighted by molar-refractivity contribution is 0.246. The Hall–Kier alpha value is -0.0400. The fourth-order valence-corrected chi connectivity index (χ4v) is 1.60. The van der Waals surface area contributed by atoms with Gasteiger partial charge in [0.1, 0.15) is 0 Å². The zero-order valence-corrected chi connectivity index (χ0v) is 10.3. The van der Waals surface area contributed by atoms with E-state index >= 15 is 0 Å². The predicted octanol–water partition coefficient (Wildman–Crippen LogP) is 3.40. The highest BCUT2D eigenvalue weighted by molar-refractivity contribution is 4.62. The first-order valence-corrected chi connectivity index (χ1v) is 5.63. The Labute approximate surface area is 84.5 Å². The van der Waals surface area contributed by atoms with Crippen molar-refractivity contribution in [3.05, 3.63) is 0 Å². The third kappa shape index (κ3) is 7.06. The summed E-state index contributed by atoms with van der Waals surface area (Å²) in [6.07, 6.45) is 2.71. The summed E-state index contributed by atoms with van der Waals surface area (Å²) in [6, 6.07) is 0.686. The van der Waals surface area contributed by atoms with E-state index in [2.05, 4.69) is 46.6 Å². The van der Waals surface area contributed by atoms with Gasteiger partial charge in [0.15, 0.2) is 0 Å². The van der Waals surface area contributed by atoms with Crippen LogP contribution in [0.2, 0.25) is 0 Å². The molecule has 80 valence electrons. The lowest BCUT2D eigenvalue weighted by Gasteiger charge is -2.23. The van der Waals surface area contributed by atoms with Crippen LogP contribution in [0, 0.1) is 11.8 Å². The lowest BCUT2D eigenvalue weighted by Crippen LogP contribution is -2.28. The second-order valence-corrected chi connectivity index (χ2v) is 5.10. The van der Waals surface area contributed by atoms with Gasteiger partial charge in [-0.2, -0.15) is 0 Å². The Balaban J connectivity index is 3.51. The van der Waals surface area contributed by atoms with E-state index in [1.807, 2.05) is 0 Å². The Morgan fingerprint density at radius 1 is 1.00 bits per heavy atom. The standard InChI is InChI=1S/C12H27N/c1-10(2)9-12(5)7-8-13(6)11(3)4/h10-12H,7-9H2,1-6H3/t12-/m1/s1. The minimum Gasteiger partial charge on any atom is -0.304 e. The minimum atomic E-state index is 0.686. The smallest absolute Gasteiger partial charge is 0.00355 e. The number of hydrogen-bond acceptors (Lipinski definition) is 1. The molecule has 0 fully saturated rings. The van der Waals surface area contributed by atoms with Crippen LogP contribution in [0.4, 0.5) is 0 Å². The summed E-state index contributed by atoms with van der Waals surface area (Å²) in [6.45, 7) is 12.7. The lowest BCUT2D eigenvalue weighted by atomic mass is 9.96. The van der Waals surface area contributed by atoms with Crippen molar-refractivity contribution in [2.45, 2.75) is 53.5 Å². The quantitative estimate of drug-likeness (QED) is 0.613. The molecule has 0 aliphatic rings. The van der Waals surface area contributed by atoms with Crippen LogP contribution >= 0.6 is 0 Å². The Kier molecular flexibility index (Phi) is 6.40. The van der Waals surface area contributed by atoms with Gasteiger partial charge in [0, 0.05) is 6.04 Å². The molecule has 0 aromatic carbocycles. The molecule has 13 heavy (non-hydrogen) atoms. The minimum absolute atomic E-state index is 0.686. The molecule has 0 radical (unpaired) electrons. The van der Waals surface area contributed by atoms with Gasteiger partial charge >= 0.3 is 0 Å². The average molecular weight is 185 g/mol. The number of rotatable bonds is 6. The molecule has 0 spiro atoms. The Morgan fingerprint density at radius 3 is 1.92 bits per heavy atom. The van der Waals surface area contributed by atoms with Crippen molar-refractivity contribution in [3.8, 4) is 0 Å². The van der Waals surface area contributed by atoms with Crippen LogP contribution in [0.15, 0.2) is 0 Å². The van der Waals surface area contributed by atoms with Gasteiger partial charge in [0.2, 0.25) is 0 Å². The van der Waals surface area contributed by atoms with Crippen LogP contribution in [0.1, 0.15) is 47.5 Å². The van der Waals surface area contributed by atoms with Crippen molar-refractivity contribution in [3.63, 3.8) is 0 Å². The summed E-state index contributed by atoms with van der Waals surface area (Å²) in [5.41, 5.74) is 0. The van der Waals surface area contributed by atoms with Gasteiger partial charge in [0.25, 0.3) is 0 Å². The summed E-state index contributed by atoms with van der Waals surface area (Å²) in [5.74, 6) is 1.72. The number of hydrogen-bond donors (Lipinski definition) is 0. The summed E-state index contributed by atoms with van der Waals surface area (Å²) in [5, 5.41) is 0. The monoisotopic (exact) mass is 185 g/mol. The molecule has 0 aromatic heterocycles. The fourth-order valence-electron chi connectivity index (χ4n) is 1.60. The van der Waals surface area contributed by atoms with Crippen molar-refractivity contribution < 1.29 is 0 Å². The molecule has 0 amide bonds. The largest absolute Gasteiger partial charge is 0.304 e. The van der Waals surface area contributed by atoms with E-state index in [1.165, 1.54) is 19.4 Å². The van der Waals surface area contributed by atoms with E-state index in [-0.39, 0.29) is 0 Å². The molecule has 1 heteroatoms. The molecule has 0 bridgehead atoms. The molecule has 0 aliphatic heterocycles. The van der Waals surface area contributed by atoms with Crippen molar-refractivity contribution in [1.82, 2.24) is 4.90 Å². The molecule has 0 saturated heterocycles. The van der Waals surface area contributed by atoms with Crippen LogP contribution in [0.5, 0.6) is 0 Å². The molecular formula is C12H27N. The zero-order chi connectivity index (χ0) is 10.4. The topological polar surface area (TPSA) is 3.24 Å². The maximum atomic E-state index is 2.43. The second-order valence-electron chi connectivity index (χ2n) is 5.10. The Morgan fingerprint density at radius 2 is 1.54 bits per heavy atom. The molecule has 0 heterocycles. The van der Waals surface area contributed by atoms with Crippen LogP contribution in [-0.4, -0.2) is 24.5 Å². The van der Waals surface area contributed by atoms with Crippen LogP contribution in [0.25, 0.3) is 0 Å². The normalized spacial score (nSPS) is 14.5. The van der Waals surface area contributed by atoms with Gasteiger partial charge in [-0.1, -0.05) is 20.8 Å². The van der Waals surface area contributed by atoms with Gasteiger partial charge in [-0.25, -0.2) is 0 Å². The van der Waals surface area contributed by atoms with Gasteiger partial charge in [0.05, 0.1) is 0 Å². The summed E-state index contributed by atoms with van der Waals surface area (Å²) in [7, 11) is 2.22. The van der Waals surface area contributed by atoms with Gasteiger partial charge in [-0.05, 0) is 52.1 Å². The summed E-state index contributed by atoms with van der Waals surface area (Å²) >= 11 is 0. The molecular weight excluding hydrogens is 158 g/mol. The highest BCUT2D eigenvalue weighted by Crippen LogP contribution is 2.14. The molecule has 0 N–H and O–H groups in total. The zero-order valence-electron chi connectivity index (χ0n) is 10.3. The van der Waals surface area contributed by atoms with E-state index in [0.717, 1.165) is 11.8 Å². The highest BCUT2D eigenvalue weighted by Gasteiger charge is 2.08. The predicted molar refractivity (Wildman–Crippen MR) is 61.0 cm³/mol. The highest BCUT2D eigenvalue weighted by atomic mass is 15.1. The van der Waals surface area contributed by atoms with E-state index in [1.54, 1.807) is 0 Å². The van der Waals surface area contributed by atoms with E-state index in [4.69, 9.17) is 0 Å². The maximum absolute atomic E-state index is 2.43. The molecule has 1 atom stereocenters. The van der Waals surface area contributed by atoms with Crippen LogP contribution in [-0.2, 0) is 0 Å². The average Bonchev–Trinajstić information content (AvgIpc) is 1.98. The first-order chi connectivity index (χ1) is 5.93. The van der Waals surface area contributed by atoms with Crippen LogP contribution in [0.3, 0.4) is 0 Å². The molecule has 0 unspecified atom stereocenters. The van der Waals surface area contributed by atoms with E-state index in [9.17, 15) is 0 Å². The first-order valence-electron chi connectivity index (χ1n) is 5.63. The SMILES string of the molecule is CC(C)C[C@H](C)CCN(C)C(C)C. The second kappa shape index (κ2) is 6.42. The molecule has 0 aliphatic carbocycles. The van der Waals surface area contributed by atoms with Crippen molar-refractivity contribution >= 4 is 0 Å². The van der Waals surface area contributed by atoms with Gasteiger partial charge in [-0.15, -0.1) is 0 Å². The van der Waals surface area contributed by atoms with Crippen LogP contribution < -0.4 is 0 Å². The van der Waals surface area contributed by atoms with Gasteiger partial charge < -0.3 is 4.90 Å².